The van der Waals surface area contributed by atoms with Crippen LogP contribution in [0.3, 0.4) is 0 Å². The highest BCUT2D eigenvalue weighted by molar-refractivity contribution is 7.92. The van der Waals surface area contributed by atoms with E-state index in [1.807, 2.05) is 20.8 Å². The number of carbonyl (C=O) groups excluding carboxylic acids is 1. The van der Waals surface area contributed by atoms with E-state index >= 15 is 0 Å². The highest BCUT2D eigenvalue weighted by atomic mass is 32.2. The van der Waals surface area contributed by atoms with E-state index in [0.717, 1.165) is 12.8 Å². The lowest BCUT2D eigenvalue weighted by atomic mass is 10.2. The van der Waals surface area contributed by atoms with Crippen LogP contribution in [0.2, 0.25) is 0 Å². The topological polar surface area (TPSA) is 79.2 Å². The number of alkyl carbamates (subject to hydrolysis) is 1. The van der Waals surface area contributed by atoms with Crippen LogP contribution in [0.5, 0.6) is 0 Å². The van der Waals surface area contributed by atoms with Crippen LogP contribution in [-0.4, -0.2) is 33.5 Å². The van der Waals surface area contributed by atoms with Crippen molar-refractivity contribution in [2.75, 3.05) is 6.26 Å². The summed E-state index contributed by atoms with van der Waals surface area (Å²) in [6.07, 6.45) is 3.15. The van der Waals surface area contributed by atoms with Crippen LogP contribution in [0.25, 0.3) is 0 Å². The molecule has 1 rings (SSSR count). The van der Waals surface area contributed by atoms with E-state index < -0.39 is 21.4 Å². The van der Waals surface area contributed by atoms with Crippen LogP contribution in [0.4, 0.5) is 4.79 Å². The van der Waals surface area contributed by atoms with Gasteiger partial charge in [0.15, 0.2) is 0 Å². The van der Waals surface area contributed by atoms with E-state index in [2.05, 4.69) is 5.32 Å². The number of rotatable bonds is 2. The third-order valence-corrected chi connectivity index (χ3v) is 4.44. The van der Waals surface area contributed by atoms with Crippen molar-refractivity contribution in [1.82, 2.24) is 5.32 Å². The maximum atomic E-state index is 11.6. The molecule has 0 aromatic carbocycles. The lowest BCUT2D eigenvalue weighted by Gasteiger charge is -2.21. The zero-order valence-electron chi connectivity index (χ0n) is 10.9. The Morgan fingerprint density at radius 1 is 1.41 bits per heavy atom. The van der Waals surface area contributed by atoms with Crippen LogP contribution >= 0.6 is 0 Å². The molecule has 0 aromatic heterocycles. The van der Waals surface area contributed by atoms with Gasteiger partial charge in [0.1, 0.15) is 5.60 Å². The van der Waals surface area contributed by atoms with Crippen LogP contribution in [0, 0.1) is 4.78 Å². The first-order valence-corrected chi connectivity index (χ1v) is 7.83. The van der Waals surface area contributed by atoms with Gasteiger partial charge in [-0.1, -0.05) is 0 Å². The smallest absolute Gasteiger partial charge is 0.407 e. The van der Waals surface area contributed by atoms with Gasteiger partial charge in [0.25, 0.3) is 0 Å². The monoisotopic (exact) mass is 262 g/mol. The molecule has 0 saturated heterocycles. The van der Waals surface area contributed by atoms with Gasteiger partial charge in [0.05, 0.1) is 0 Å². The number of hydrogen-bond acceptors (Lipinski definition) is 4. The Hall–Kier alpha value is -0.780. The van der Waals surface area contributed by atoms with Crippen LogP contribution in [0.1, 0.15) is 40.0 Å². The fourth-order valence-corrected chi connectivity index (χ4v) is 3.14. The summed E-state index contributed by atoms with van der Waals surface area (Å²) in [4.78, 5) is 11.5. The molecule has 1 fully saturated rings. The summed E-state index contributed by atoms with van der Waals surface area (Å²) in [5.74, 6) is 0. The molecule has 0 spiro atoms. The van der Waals surface area contributed by atoms with Gasteiger partial charge < -0.3 is 10.1 Å². The molecular weight excluding hydrogens is 240 g/mol. The lowest BCUT2D eigenvalue weighted by Crippen LogP contribution is -2.38. The number of amides is 1. The SMILES string of the molecule is CC(C)(C)OC(=O)NC1CCC(S(C)(=N)=O)C1. The molecule has 1 aliphatic rings. The van der Waals surface area contributed by atoms with Crippen molar-refractivity contribution in [3.05, 3.63) is 0 Å². The van der Waals surface area contributed by atoms with Crippen molar-refractivity contribution in [1.29, 1.82) is 4.78 Å². The Morgan fingerprint density at radius 2 is 2.00 bits per heavy atom. The van der Waals surface area contributed by atoms with Crippen molar-refractivity contribution in [3.8, 4) is 0 Å². The van der Waals surface area contributed by atoms with E-state index in [1.54, 1.807) is 0 Å². The number of nitrogens with one attached hydrogen (secondary N) is 2. The standard InChI is InChI=1S/C11H22N2O3S/c1-11(2,3)16-10(14)13-8-5-6-9(7-8)17(4,12)15/h8-9,12H,5-7H2,1-4H3,(H,13,14). The lowest BCUT2D eigenvalue weighted by molar-refractivity contribution is 0.0505. The Balaban J connectivity index is 2.44. The maximum Gasteiger partial charge on any atom is 0.407 e. The number of carbonyl (C=O) groups is 1. The van der Waals surface area contributed by atoms with E-state index in [9.17, 15) is 9.00 Å². The predicted molar refractivity (Wildman–Crippen MR) is 67.6 cm³/mol. The second-order valence-electron chi connectivity index (χ2n) is 5.68. The van der Waals surface area contributed by atoms with E-state index in [1.165, 1.54) is 6.26 Å². The van der Waals surface area contributed by atoms with Crippen molar-refractivity contribution < 1.29 is 13.7 Å². The second-order valence-corrected chi connectivity index (χ2v) is 8.16. The molecule has 0 heterocycles. The zero-order chi connectivity index (χ0) is 13.3. The Bertz CT molecular complexity index is 384. The highest BCUT2D eigenvalue weighted by Gasteiger charge is 2.31. The van der Waals surface area contributed by atoms with Gasteiger partial charge in [-0.3, -0.25) is 4.78 Å². The molecule has 6 heteroatoms. The summed E-state index contributed by atoms with van der Waals surface area (Å²) in [5.41, 5.74) is -0.504. The van der Waals surface area contributed by atoms with Gasteiger partial charge in [-0.25, -0.2) is 9.00 Å². The summed E-state index contributed by atoms with van der Waals surface area (Å²) in [5, 5.41) is 2.66. The number of ether oxygens (including phenoxy) is 1. The van der Waals surface area contributed by atoms with Gasteiger partial charge >= 0.3 is 6.09 Å². The molecule has 2 N–H and O–H groups in total. The van der Waals surface area contributed by atoms with Gasteiger partial charge in [-0.2, -0.15) is 0 Å². The third-order valence-electron chi connectivity index (χ3n) is 2.74. The second kappa shape index (κ2) is 4.84. The predicted octanol–water partition coefficient (Wildman–Crippen LogP) is 2.11. The molecule has 5 nitrogen and oxygen atoms in total. The molecule has 3 atom stereocenters. The summed E-state index contributed by atoms with van der Waals surface area (Å²) in [6.45, 7) is 5.44. The maximum absolute atomic E-state index is 11.6. The van der Waals surface area contributed by atoms with Gasteiger partial charge in [0.2, 0.25) is 0 Å². The van der Waals surface area contributed by atoms with Crippen molar-refractivity contribution in [2.45, 2.75) is 56.9 Å². The minimum absolute atomic E-state index is 0.0130. The molecule has 0 bridgehead atoms. The molecule has 17 heavy (non-hydrogen) atoms. The summed E-state index contributed by atoms with van der Waals surface area (Å²) in [7, 11) is -2.50. The molecule has 100 valence electrons. The Morgan fingerprint density at radius 3 is 2.41 bits per heavy atom. The van der Waals surface area contributed by atoms with Crippen LogP contribution in [-0.2, 0) is 14.5 Å². The quantitative estimate of drug-likeness (QED) is 0.800. The fraction of sp³-hybridized carbons (Fsp3) is 0.909. The van der Waals surface area contributed by atoms with Crippen molar-refractivity contribution >= 4 is 15.8 Å². The zero-order valence-corrected chi connectivity index (χ0v) is 11.7. The molecule has 0 aromatic rings. The third kappa shape index (κ3) is 4.93. The molecule has 1 amide bonds. The largest absolute Gasteiger partial charge is 0.444 e. The first-order chi connectivity index (χ1) is 7.58. The first-order valence-electron chi connectivity index (χ1n) is 5.80. The van der Waals surface area contributed by atoms with Gasteiger partial charge in [0, 0.05) is 27.3 Å². The first kappa shape index (κ1) is 14.3. The molecular formula is C11H22N2O3S. The van der Waals surface area contributed by atoms with Crippen molar-refractivity contribution in [2.24, 2.45) is 0 Å². The Kier molecular flexibility index (Phi) is 4.06. The molecule has 3 unspecified atom stereocenters. The molecule has 0 radical (unpaired) electrons. The van der Waals surface area contributed by atoms with Crippen molar-refractivity contribution in [3.63, 3.8) is 0 Å². The van der Waals surface area contributed by atoms with Gasteiger partial charge in [-0.15, -0.1) is 0 Å². The molecule has 1 saturated carbocycles. The average molecular weight is 262 g/mol. The summed E-state index contributed by atoms with van der Waals surface area (Å²) in [6, 6.07) is -0.0130. The fourth-order valence-electron chi connectivity index (χ4n) is 1.95. The van der Waals surface area contributed by atoms with Gasteiger partial charge in [-0.05, 0) is 40.0 Å². The minimum atomic E-state index is -2.50. The Labute approximate surface area is 103 Å². The molecule has 0 aliphatic heterocycles. The van der Waals surface area contributed by atoms with E-state index in [-0.39, 0.29) is 11.3 Å². The normalized spacial score (nSPS) is 28.5. The summed E-state index contributed by atoms with van der Waals surface area (Å²) < 4.78 is 24.3. The molecule has 1 aliphatic carbocycles. The average Bonchev–Trinajstić information content (AvgIpc) is 2.47. The summed E-state index contributed by atoms with van der Waals surface area (Å²) >= 11 is 0. The number of hydrogen-bond donors (Lipinski definition) is 2. The minimum Gasteiger partial charge on any atom is -0.444 e. The highest BCUT2D eigenvalue weighted by Crippen LogP contribution is 2.25. The van der Waals surface area contributed by atoms with E-state index in [0.29, 0.717) is 6.42 Å². The van der Waals surface area contributed by atoms with E-state index in [4.69, 9.17) is 9.52 Å². The van der Waals surface area contributed by atoms with Crippen LogP contribution in [0.15, 0.2) is 0 Å². The van der Waals surface area contributed by atoms with Crippen LogP contribution < -0.4 is 5.32 Å².